The summed E-state index contributed by atoms with van der Waals surface area (Å²) in [6.45, 7) is 0.589. The maximum atomic E-state index is 12.5. The lowest BCUT2D eigenvalue weighted by Gasteiger charge is -2.16. The van der Waals surface area contributed by atoms with Gasteiger partial charge in [-0.15, -0.1) is 11.3 Å². The van der Waals surface area contributed by atoms with Gasteiger partial charge < -0.3 is 4.90 Å². The van der Waals surface area contributed by atoms with Crippen LogP contribution in [0.5, 0.6) is 0 Å². The fourth-order valence-electron chi connectivity index (χ4n) is 2.20. The van der Waals surface area contributed by atoms with E-state index in [2.05, 4.69) is 20.9 Å². The monoisotopic (exact) mass is 394 g/mol. The largest absolute Gasteiger partial charge is 0.337 e. The van der Waals surface area contributed by atoms with Crippen LogP contribution in [0.2, 0.25) is 5.15 Å². The second-order valence-electron chi connectivity index (χ2n) is 4.91. The van der Waals surface area contributed by atoms with Crippen LogP contribution in [-0.4, -0.2) is 22.8 Å². The van der Waals surface area contributed by atoms with Crippen molar-refractivity contribution in [2.45, 2.75) is 6.54 Å². The number of amides is 1. The molecule has 0 atom stereocenters. The lowest BCUT2D eigenvalue weighted by atomic mass is 10.1. The van der Waals surface area contributed by atoms with Crippen molar-refractivity contribution in [3.8, 4) is 0 Å². The van der Waals surface area contributed by atoms with Crippen LogP contribution in [0.3, 0.4) is 0 Å². The zero-order valence-corrected chi connectivity index (χ0v) is 14.9. The molecule has 3 aromatic rings. The Balaban J connectivity index is 1.83. The van der Waals surface area contributed by atoms with E-state index >= 15 is 0 Å². The highest BCUT2D eigenvalue weighted by molar-refractivity contribution is 9.11. The van der Waals surface area contributed by atoms with Gasteiger partial charge in [0.15, 0.2) is 0 Å². The molecule has 0 radical (unpaired) electrons. The standard InChI is InChI=1S/C16H12BrClN2OS/c1-20(9-12-4-6-14(17)22-12)16(21)11-2-5-13-10(8-11)3-7-15(18)19-13/h2-8H,9H2,1H3. The first-order chi connectivity index (χ1) is 10.5. The van der Waals surface area contributed by atoms with E-state index in [-0.39, 0.29) is 5.91 Å². The molecule has 0 aliphatic carbocycles. The quantitative estimate of drug-likeness (QED) is 0.586. The highest BCUT2D eigenvalue weighted by Crippen LogP contribution is 2.24. The number of rotatable bonds is 3. The van der Waals surface area contributed by atoms with E-state index in [9.17, 15) is 4.79 Å². The van der Waals surface area contributed by atoms with Gasteiger partial charge in [0.05, 0.1) is 15.8 Å². The third-order valence-electron chi connectivity index (χ3n) is 3.27. The Bertz CT molecular complexity index is 849. The number of halogens is 2. The molecule has 3 nitrogen and oxygen atoms in total. The molecule has 0 N–H and O–H groups in total. The predicted molar refractivity (Wildman–Crippen MR) is 94.6 cm³/mol. The van der Waals surface area contributed by atoms with E-state index in [1.807, 2.05) is 30.3 Å². The van der Waals surface area contributed by atoms with Crippen molar-refractivity contribution in [3.63, 3.8) is 0 Å². The summed E-state index contributed by atoms with van der Waals surface area (Å²) < 4.78 is 1.07. The fraction of sp³-hybridized carbons (Fsp3) is 0.125. The van der Waals surface area contributed by atoms with Gasteiger partial charge in [-0.3, -0.25) is 4.79 Å². The van der Waals surface area contributed by atoms with Crippen molar-refractivity contribution < 1.29 is 4.79 Å². The topological polar surface area (TPSA) is 33.2 Å². The summed E-state index contributed by atoms with van der Waals surface area (Å²) in [6, 6.07) is 13.1. The molecular weight excluding hydrogens is 384 g/mol. The number of carbonyl (C=O) groups excluding carboxylic acids is 1. The van der Waals surface area contributed by atoms with Crippen LogP contribution < -0.4 is 0 Å². The van der Waals surface area contributed by atoms with Crippen LogP contribution in [0.1, 0.15) is 15.2 Å². The van der Waals surface area contributed by atoms with Crippen molar-refractivity contribution in [3.05, 3.63) is 61.8 Å². The van der Waals surface area contributed by atoms with Crippen LogP contribution >= 0.6 is 38.9 Å². The first-order valence-electron chi connectivity index (χ1n) is 6.59. The molecule has 0 unspecified atom stereocenters. The Morgan fingerprint density at radius 1 is 1.27 bits per heavy atom. The average molecular weight is 396 g/mol. The molecule has 3 rings (SSSR count). The molecule has 2 aromatic heterocycles. The Labute approximate surface area is 145 Å². The number of nitrogens with zero attached hydrogens (tertiary/aromatic N) is 2. The SMILES string of the molecule is CN(Cc1ccc(Br)s1)C(=O)c1ccc2nc(Cl)ccc2c1. The van der Waals surface area contributed by atoms with E-state index in [1.54, 1.807) is 35.4 Å². The molecule has 0 aliphatic heterocycles. The van der Waals surface area contributed by atoms with Crippen molar-refractivity contribution in [1.82, 2.24) is 9.88 Å². The molecule has 112 valence electrons. The van der Waals surface area contributed by atoms with Crippen LogP contribution in [0, 0.1) is 0 Å². The third kappa shape index (κ3) is 3.32. The van der Waals surface area contributed by atoms with Crippen molar-refractivity contribution in [2.75, 3.05) is 7.05 Å². The minimum Gasteiger partial charge on any atom is -0.337 e. The number of aromatic nitrogens is 1. The molecule has 1 amide bonds. The zero-order valence-electron chi connectivity index (χ0n) is 11.7. The Hall–Kier alpha value is -1.43. The first kappa shape index (κ1) is 15.5. The Morgan fingerprint density at radius 3 is 2.82 bits per heavy atom. The summed E-state index contributed by atoms with van der Waals surface area (Å²) in [5, 5.41) is 1.36. The first-order valence-corrected chi connectivity index (χ1v) is 8.58. The van der Waals surface area contributed by atoms with Crippen LogP contribution in [-0.2, 0) is 6.54 Å². The number of benzene rings is 1. The molecule has 2 heterocycles. The van der Waals surface area contributed by atoms with Gasteiger partial charge in [0.2, 0.25) is 0 Å². The molecule has 0 aliphatic rings. The predicted octanol–water partition coefficient (Wildman–Crippen LogP) is 4.98. The summed E-state index contributed by atoms with van der Waals surface area (Å²) >= 11 is 10.9. The van der Waals surface area contributed by atoms with Gasteiger partial charge in [0.1, 0.15) is 5.15 Å². The highest BCUT2D eigenvalue weighted by atomic mass is 79.9. The number of pyridine rings is 1. The fourth-order valence-corrected chi connectivity index (χ4v) is 3.89. The Morgan fingerprint density at radius 2 is 2.09 bits per heavy atom. The lowest BCUT2D eigenvalue weighted by Crippen LogP contribution is -2.25. The van der Waals surface area contributed by atoms with Gasteiger partial charge in [-0.1, -0.05) is 11.6 Å². The highest BCUT2D eigenvalue weighted by Gasteiger charge is 2.13. The summed E-state index contributed by atoms with van der Waals surface area (Å²) in [5.74, 6) is -0.0126. The summed E-state index contributed by atoms with van der Waals surface area (Å²) in [7, 11) is 1.81. The molecule has 22 heavy (non-hydrogen) atoms. The molecule has 0 spiro atoms. The molecule has 0 bridgehead atoms. The Kier molecular flexibility index (Phi) is 4.47. The van der Waals surface area contributed by atoms with Gasteiger partial charge >= 0.3 is 0 Å². The minimum absolute atomic E-state index is 0.0126. The van der Waals surface area contributed by atoms with E-state index in [1.165, 1.54) is 0 Å². The molecule has 0 saturated carbocycles. The van der Waals surface area contributed by atoms with Gasteiger partial charge in [-0.2, -0.15) is 0 Å². The van der Waals surface area contributed by atoms with Crippen molar-refractivity contribution >= 4 is 55.7 Å². The second-order valence-corrected chi connectivity index (χ2v) is 7.84. The molecule has 6 heteroatoms. The van der Waals surface area contributed by atoms with E-state index in [4.69, 9.17) is 11.6 Å². The normalized spacial score (nSPS) is 10.9. The van der Waals surface area contributed by atoms with E-state index in [0.717, 1.165) is 19.6 Å². The third-order valence-corrected chi connectivity index (χ3v) is 5.09. The number of carbonyl (C=O) groups is 1. The number of thiophene rings is 1. The van der Waals surface area contributed by atoms with Crippen molar-refractivity contribution in [1.29, 1.82) is 0 Å². The molecular formula is C16H12BrClN2OS. The summed E-state index contributed by atoms with van der Waals surface area (Å²) in [4.78, 5) is 19.6. The minimum atomic E-state index is -0.0126. The van der Waals surface area contributed by atoms with E-state index < -0.39 is 0 Å². The van der Waals surface area contributed by atoms with Gasteiger partial charge in [0, 0.05) is 22.9 Å². The maximum Gasteiger partial charge on any atom is 0.253 e. The lowest BCUT2D eigenvalue weighted by molar-refractivity contribution is 0.0786. The molecule has 1 aromatic carbocycles. The second kappa shape index (κ2) is 6.36. The number of fused-ring (bicyclic) bond motifs is 1. The smallest absolute Gasteiger partial charge is 0.253 e. The molecule has 0 fully saturated rings. The van der Waals surface area contributed by atoms with Gasteiger partial charge in [-0.05, 0) is 58.4 Å². The summed E-state index contributed by atoms with van der Waals surface area (Å²) in [6.07, 6.45) is 0. The maximum absolute atomic E-state index is 12.5. The van der Waals surface area contributed by atoms with E-state index in [0.29, 0.717) is 17.3 Å². The summed E-state index contributed by atoms with van der Waals surface area (Å²) in [5.41, 5.74) is 1.43. The zero-order chi connectivity index (χ0) is 15.7. The van der Waals surface area contributed by atoms with Crippen LogP contribution in [0.15, 0.2) is 46.3 Å². The average Bonchev–Trinajstić information content (AvgIpc) is 2.91. The van der Waals surface area contributed by atoms with Crippen LogP contribution in [0.4, 0.5) is 0 Å². The number of hydrogen-bond donors (Lipinski definition) is 0. The van der Waals surface area contributed by atoms with Crippen molar-refractivity contribution in [2.24, 2.45) is 0 Å². The molecule has 0 saturated heterocycles. The van der Waals surface area contributed by atoms with Gasteiger partial charge in [0.25, 0.3) is 5.91 Å². The van der Waals surface area contributed by atoms with Crippen LogP contribution in [0.25, 0.3) is 10.9 Å². The van der Waals surface area contributed by atoms with Gasteiger partial charge in [-0.25, -0.2) is 4.98 Å². The number of hydrogen-bond acceptors (Lipinski definition) is 3.